The molecule has 6 heteroatoms. The predicted molar refractivity (Wildman–Crippen MR) is 109 cm³/mol. The highest BCUT2D eigenvalue weighted by Gasteiger charge is 2.58. The van der Waals surface area contributed by atoms with E-state index in [0.717, 1.165) is 37.0 Å². The number of fused-ring (bicyclic) bond motifs is 5. The molecule has 1 N–H and O–H groups in total. The van der Waals surface area contributed by atoms with Crippen molar-refractivity contribution >= 4 is 5.78 Å². The number of carbonyl (C=O) groups excluding carboxylic acids is 1. The summed E-state index contributed by atoms with van der Waals surface area (Å²) in [6.45, 7) is 6.51. The summed E-state index contributed by atoms with van der Waals surface area (Å²) in [5, 5.41) is 22.7. The number of ketones is 1. The largest absolute Gasteiger partial charge is 0.390 e. The van der Waals surface area contributed by atoms with Gasteiger partial charge in [-0.2, -0.15) is 4.80 Å². The first-order valence-electron chi connectivity index (χ1n) is 11.8. The lowest BCUT2D eigenvalue weighted by Crippen LogP contribution is -2.51. The van der Waals surface area contributed by atoms with E-state index in [-0.39, 0.29) is 17.9 Å². The zero-order valence-electron chi connectivity index (χ0n) is 18.2. The summed E-state index contributed by atoms with van der Waals surface area (Å²) in [6, 6.07) is 0. The number of hydrogen-bond acceptors (Lipinski definition) is 5. The van der Waals surface area contributed by atoms with Crippen molar-refractivity contribution in [2.75, 3.05) is 0 Å². The van der Waals surface area contributed by atoms with Gasteiger partial charge in [-0.05, 0) is 112 Å². The zero-order valence-corrected chi connectivity index (χ0v) is 18.2. The number of carbonyl (C=O) groups is 1. The summed E-state index contributed by atoms with van der Waals surface area (Å²) in [6.07, 6.45) is 10.4. The van der Waals surface area contributed by atoms with E-state index in [2.05, 4.69) is 22.3 Å². The Morgan fingerprint density at radius 3 is 2.62 bits per heavy atom. The monoisotopic (exact) mass is 400 g/mol. The molecule has 5 rings (SSSR count). The SMILES string of the molecule is Cc1nnn(CC(=O)[C@H]2CC[C@H]3[C@@H]4CCC5C[C@](C)(O)CC[C@@H]5[C@H]4CC[C@]23C)n1. The predicted octanol–water partition coefficient (Wildman–Crippen LogP) is 3.57. The third kappa shape index (κ3) is 3.26. The average Bonchev–Trinajstić information content (AvgIpc) is 3.22. The molecule has 0 aliphatic heterocycles. The summed E-state index contributed by atoms with van der Waals surface area (Å²) < 4.78 is 0. The van der Waals surface area contributed by atoms with Crippen molar-refractivity contribution in [3.63, 3.8) is 0 Å². The third-order valence-corrected chi connectivity index (χ3v) is 9.48. The van der Waals surface area contributed by atoms with Gasteiger partial charge in [-0.3, -0.25) is 4.79 Å². The summed E-state index contributed by atoms with van der Waals surface area (Å²) in [7, 11) is 0. The molecule has 1 aromatic heterocycles. The van der Waals surface area contributed by atoms with E-state index in [0.29, 0.717) is 23.4 Å². The number of hydrogen-bond donors (Lipinski definition) is 1. The van der Waals surface area contributed by atoms with Crippen molar-refractivity contribution in [1.29, 1.82) is 0 Å². The van der Waals surface area contributed by atoms with Gasteiger partial charge < -0.3 is 5.11 Å². The Bertz CT molecular complexity index is 790. The highest BCUT2D eigenvalue weighted by Crippen LogP contribution is 2.64. The Balaban J connectivity index is 1.31. The maximum atomic E-state index is 13.2. The van der Waals surface area contributed by atoms with E-state index in [9.17, 15) is 9.90 Å². The minimum Gasteiger partial charge on any atom is -0.390 e. The first kappa shape index (κ1) is 19.7. The van der Waals surface area contributed by atoms with E-state index in [1.54, 1.807) is 0 Å². The van der Waals surface area contributed by atoms with Crippen molar-refractivity contribution in [2.45, 2.75) is 90.7 Å². The number of Topliss-reactive ketones (excluding diaryl/α,β-unsaturated/α-hetero) is 1. The molecule has 0 spiro atoms. The number of aliphatic hydroxyl groups is 1. The standard InChI is InChI=1S/C23H36N4O2/c1-14-24-26-27(25-14)13-21(28)20-7-6-19-18-5-4-15-12-22(2,29)10-8-16(15)17(18)9-11-23(19,20)3/h15-20,29H,4-13H2,1-3H3/t15?,16-,17+,18+,19-,20+,22+,23-/m0/s1. The molecule has 160 valence electrons. The Labute approximate surface area is 173 Å². The molecule has 0 bridgehead atoms. The molecule has 8 atom stereocenters. The Morgan fingerprint density at radius 1 is 1.07 bits per heavy atom. The first-order chi connectivity index (χ1) is 13.8. The minimum absolute atomic E-state index is 0.140. The maximum Gasteiger partial charge on any atom is 0.171 e. The summed E-state index contributed by atoms with van der Waals surface area (Å²) in [5.74, 6) is 4.86. The second-order valence-electron chi connectivity index (χ2n) is 11.2. The molecule has 4 saturated carbocycles. The van der Waals surface area contributed by atoms with Crippen LogP contribution in [-0.4, -0.2) is 36.7 Å². The highest BCUT2D eigenvalue weighted by atomic mass is 16.3. The lowest BCUT2D eigenvalue weighted by atomic mass is 9.49. The number of nitrogens with zero attached hydrogens (tertiary/aromatic N) is 4. The van der Waals surface area contributed by atoms with E-state index < -0.39 is 5.60 Å². The van der Waals surface area contributed by atoms with E-state index in [1.165, 1.54) is 43.3 Å². The van der Waals surface area contributed by atoms with Crippen LogP contribution in [-0.2, 0) is 11.3 Å². The van der Waals surface area contributed by atoms with Gasteiger partial charge in [-0.25, -0.2) is 0 Å². The summed E-state index contributed by atoms with van der Waals surface area (Å²) >= 11 is 0. The number of aryl methyl sites for hydroxylation is 1. The molecule has 0 aromatic carbocycles. The normalized spacial score (nSPS) is 46.6. The van der Waals surface area contributed by atoms with Gasteiger partial charge in [0.1, 0.15) is 6.54 Å². The van der Waals surface area contributed by atoms with Gasteiger partial charge in [0, 0.05) is 5.92 Å². The van der Waals surface area contributed by atoms with Crippen molar-refractivity contribution in [1.82, 2.24) is 20.2 Å². The zero-order chi connectivity index (χ0) is 20.4. The minimum atomic E-state index is -0.449. The van der Waals surface area contributed by atoms with E-state index in [4.69, 9.17) is 0 Å². The van der Waals surface area contributed by atoms with Crippen LogP contribution in [0.25, 0.3) is 0 Å². The molecule has 1 heterocycles. The van der Waals surface area contributed by atoms with Crippen LogP contribution in [0.5, 0.6) is 0 Å². The van der Waals surface area contributed by atoms with Crippen molar-refractivity contribution < 1.29 is 9.90 Å². The second-order valence-corrected chi connectivity index (χ2v) is 11.2. The van der Waals surface area contributed by atoms with E-state index in [1.807, 2.05) is 13.8 Å². The van der Waals surface area contributed by atoms with Crippen LogP contribution in [0.2, 0.25) is 0 Å². The average molecular weight is 401 g/mol. The molecule has 4 aliphatic carbocycles. The number of tetrazole rings is 1. The lowest BCUT2D eigenvalue weighted by molar-refractivity contribution is -0.133. The van der Waals surface area contributed by atoms with Crippen molar-refractivity contribution in [2.24, 2.45) is 40.9 Å². The summed E-state index contributed by atoms with van der Waals surface area (Å²) in [5.41, 5.74) is -0.309. The van der Waals surface area contributed by atoms with Crippen LogP contribution < -0.4 is 0 Å². The Hall–Kier alpha value is -1.30. The number of aromatic nitrogens is 4. The van der Waals surface area contributed by atoms with Crippen LogP contribution in [0.15, 0.2) is 0 Å². The van der Waals surface area contributed by atoms with Crippen LogP contribution in [0.4, 0.5) is 0 Å². The van der Waals surface area contributed by atoms with Crippen LogP contribution in [0.1, 0.15) is 77.5 Å². The first-order valence-corrected chi connectivity index (χ1v) is 11.8. The molecule has 4 fully saturated rings. The topological polar surface area (TPSA) is 80.9 Å². The molecule has 0 saturated heterocycles. The van der Waals surface area contributed by atoms with Crippen molar-refractivity contribution in [3.05, 3.63) is 5.82 Å². The highest BCUT2D eigenvalue weighted by molar-refractivity contribution is 5.81. The fraction of sp³-hybridized carbons (Fsp3) is 0.913. The lowest BCUT2D eigenvalue weighted by Gasteiger charge is -2.56. The summed E-state index contributed by atoms with van der Waals surface area (Å²) in [4.78, 5) is 14.7. The molecule has 0 radical (unpaired) electrons. The molecule has 1 unspecified atom stereocenters. The van der Waals surface area contributed by atoms with Gasteiger partial charge >= 0.3 is 0 Å². The fourth-order valence-corrected chi connectivity index (χ4v) is 8.25. The van der Waals surface area contributed by atoms with Gasteiger partial charge in [0.25, 0.3) is 0 Å². The van der Waals surface area contributed by atoms with Gasteiger partial charge in [0.05, 0.1) is 5.60 Å². The fourth-order valence-electron chi connectivity index (χ4n) is 8.25. The van der Waals surface area contributed by atoms with E-state index >= 15 is 0 Å². The maximum absolute atomic E-state index is 13.2. The smallest absolute Gasteiger partial charge is 0.171 e. The molecule has 0 amide bonds. The molecule has 29 heavy (non-hydrogen) atoms. The van der Waals surface area contributed by atoms with Crippen LogP contribution >= 0.6 is 0 Å². The number of rotatable bonds is 3. The van der Waals surface area contributed by atoms with Crippen LogP contribution in [0, 0.1) is 47.8 Å². The molecule has 6 nitrogen and oxygen atoms in total. The Morgan fingerprint density at radius 2 is 1.86 bits per heavy atom. The second kappa shape index (κ2) is 6.86. The molecular weight excluding hydrogens is 364 g/mol. The van der Waals surface area contributed by atoms with Gasteiger partial charge in [-0.15, -0.1) is 10.2 Å². The third-order valence-electron chi connectivity index (χ3n) is 9.48. The van der Waals surface area contributed by atoms with Gasteiger partial charge in [0.15, 0.2) is 11.6 Å². The van der Waals surface area contributed by atoms with Crippen LogP contribution in [0.3, 0.4) is 0 Å². The molecular formula is C23H36N4O2. The van der Waals surface area contributed by atoms with Gasteiger partial charge in [-0.1, -0.05) is 6.92 Å². The Kier molecular flexibility index (Phi) is 4.65. The quantitative estimate of drug-likeness (QED) is 0.839. The van der Waals surface area contributed by atoms with Gasteiger partial charge in [0.2, 0.25) is 0 Å². The van der Waals surface area contributed by atoms with Crippen molar-refractivity contribution in [3.8, 4) is 0 Å². The molecule has 4 aliphatic rings. The molecule has 1 aromatic rings.